The van der Waals surface area contributed by atoms with Gasteiger partial charge in [-0.1, -0.05) is 19.1 Å². The number of aryl methyl sites for hydroxylation is 1. The van der Waals surface area contributed by atoms with Crippen molar-refractivity contribution in [2.24, 2.45) is 0 Å². The summed E-state index contributed by atoms with van der Waals surface area (Å²) < 4.78 is 18.0. The normalized spacial score (nSPS) is 10.5. The Labute approximate surface area is 126 Å². The fourth-order valence-electron chi connectivity index (χ4n) is 2.01. The highest BCUT2D eigenvalue weighted by atomic mass is 19.1. The lowest BCUT2D eigenvalue weighted by Crippen LogP contribution is -2.29. The lowest BCUT2D eigenvalue weighted by molar-refractivity contribution is 0.0945. The Kier molecular flexibility index (Phi) is 4.93. The van der Waals surface area contributed by atoms with E-state index in [0.717, 1.165) is 6.26 Å². The van der Waals surface area contributed by atoms with E-state index in [0.29, 0.717) is 18.4 Å². The molecule has 22 heavy (non-hydrogen) atoms. The Morgan fingerprint density at radius 1 is 1.32 bits per heavy atom. The standard InChI is InChI=1S/C16H16FNO4/c1-2-3-13-14(15(20)12(19)9-22-13)16(21)18-8-10-4-6-11(17)7-5-10/h4-7,9,19H,2-3,8H2,1H3,(H,18,21). The van der Waals surface area contributed by atoms with Crippen molar-refractivity contribution in [2.45, 2.75) is 26.3 Å². The molecule has 0 radical (unpaired) electrons. The van der Waals surface area contributed by atoms with Crippen molar-refractivity contribution < 1.29 is 18.7 Å². The molecule has 6 heteroatoms. The molecular weight excluding hydrogens is 289 g/mol. The third-order valence-corrected chi connectivity index (χ3v) is 3.12. The predicted molar refractivity (Wildman–Crippen MR) is 78.2 cm³/mol. The van der Waals surface area contributed by atoms with Crippen LogP contribution in [0.25, 0.3) is 0 Å². The molecule has 2 N–H and O–H groups in total. The summed E-state index contributed by atoms with van der Waals surface area (Å²) >= 11 is 0. The molecule has 0 saturated heterocycles. The van der Waals surface area contributed by atoms with Gasteiger partial charge in [-0.2, -0.15) is 0 Å². The SMILES string of the molecule is CCCc1occ(O)c(=O)c1C(=O)NCc1ccc(F)cc1. The van der Waals surface area contributed by atoms with Gasteiger partial charge < -0.3 is 14.8 Å². The van der Waals surface area contributed by atoms with Crippen LogP contribution in [0.1, 0.15) is 35.0 Å². The molecule has 0 aliphatic carbocycles. The van der Waals surface area contributed by atoms with Crippen LogP contribution < -0.4 is 10.7 Å². The first-order chi connectivity index (χ1) is 10.5. The summed E-state index contributed by atoms with van der Waals surface area (Å²) in [6, 6.07) is 5.64. The predicted octanol–water partition coefficient (Wildman–Crippen LogP) is 2.37. The van der Waals surface area contributed by atoms with Crippen LogP contribution in [0.15, 0.2) is 39.7 Å². The highest BCUT2D eigenvalue weighted by Gasteiger charge is 2.20. The number of hydrogen-bond acceptors (Lipinski definition) is 4. The molecule has 1 aromatic heterocycles. The van der Waals surface area contributed by atoms with Gasteiger partial charge in [0.25, 0.3) is 5.91 Å². The van der Waals surface area contributed by atoms with Crippen molar-refractivity contribution in [1.82, 2.24) is 5.32 Å². The number of rotatable bonds is 5. The monoisotopic (exact) mass is 305 g/mol. The Balaban J connectivity index is 2.20. The van der Waals surface area contributed by atoms with Gasteiger partial charge in [-0.3, -0.25) is 9.59 Å². The van der Waals surface area contributed by atoms with E-state index in [9.17, 15) is 19.1 Å². The van der Waals surface area contributed by atoms with E-state index in [2.05, 4.69) is 5.32 Å². The molecule has 5 nitrogen and oxygen atoms in total. The number of hydrogen-bond donors (Lipinski definition) is 2. The van der Waals surface area contributed by atoms with Gasteiger partial charge in [-0.05, 0) is 24.1 Å². The van der Waals surface area contributed by atoms with Crippen LogP contribution in [0.4, 0.5) is 4.39 Å². The fraction of sp³-hybridized carbons (Fsp3) is 0.250. The average molecular weight is 305 g/mol. The molecule has 1 aromatic carbocycles. The molecule has 1 heterocycles. The summed E-state index contributed by atoms with van der Waals surface area (Å²) in [5.74, 6) is -1.36. The molecule has 1 amide bonds. The van der Waals surface area contributed by atoms with Crippen LogP contribution >= 0.6 is 0 Å². The number of aromatic hydroxyl groups is 1. The van der Waals surface area contributed by atoms with Crippen molar-refractivity contribution in [1.29, 1.82) is 0 Å². The second-order valence-electron chi connectivity index (χ2n) is 4.81. The minimum absolute atomic E-state index is 0.139. The number of amides is 1. The Bertz CT molecular complexity index is 722. The topological polar surface area (TPSA) is 79.5 Å². The summed E-state index contributed by atoms with van der Waals surface area (Å²) in [6.45, 7) is 2.02. The average Bonchev–Trinajstić information content (AvgIpc) is 2.50. The van der Waals surface area contributed by atoms with Crippen molar-refractivity contribution >= 4 is 5.91 Å². The first-order valence-electron chi connectivity index (χ1n) is 6.89. The number of benzene rings is 1. The van der Waals surface area contributed by atoms with Gasteiger partial charge in [0.1, 0.15) is 23.4 Å². The maximum Gasteiger partial charge on any atom is 0.259 e. The van der Waals surface area contributed by atoms with E-state index in [4.69, 9.17) is 4.42 Å². The summed E-state index contributed by atoms with van der Waals surface area (Å²) in [5, 5.41) is 12.0. The molecule has 0 atom stereocenters. The van der Waals surface area contributed by atoms with Crippen LogP contribution in [0.3, 0.4) is 0 Å². The van der Waals surface area contributed by atoms with E-state index < -0.39 is 17.1 Å². The van der Waals surface area contributed by atoms with E-state index in [1.54, 1.807) is 0 Å². The molecule has 2 aromatic rings. The lowest BCUT2D eigenvalue weighted by Gasteiger charge is -2.08. The molecule has 0 aliphatic rings. The van der Waals surface area contributed by atoms with Gasteiger partial charge in [0.2, 0.25) is 5.43 Å². The van der Waals surface area contributed by atoms with Crippen molar-refractivity contribution in [3.63, 3.8) is 0 Å². The molecule has 0 fully saturated rings. The first kappa shape index (κ1) is 15.8. The lowest BCUT2D eigenvalue weighted by atomic mass is 10.1. The van der Waals surface area contributed by atoms with Gasteiger partial charge in [0, 0.05) is 13.0 Å². The fourth-order valence-corrected chi connectivity index (χ4v) is 2.01. The Morgan fingerprint density at radius 2 is 2.00 bits per heavy atom. The smallest absolute Gasteiger partial charge is 0.259 e. The molecular formula is C16H16FNO4. The van der Waals surface area contributed by atoms with E-state index in [-0.39, 0.29) is 23.7 Å². The van der Waals surface area contributed by atoms with Crippen molar-refractivity contribution in [3.05, 3.63) is 63.5 Å². The molecule has 116 valence electrons. The maximum atomic E-state index is 12.8. The zero-order chi connectivity index (χ0) is 16.1. The quantitative estimate of drug-likeness (QED) is 0.889. The molecule has 0 bridgehead atoms. The van der Waals surface area contributed by atoms with Crippen molar-refractivity contribution in [3.8, 4) is 5.75 Å². The van der Waals surface area contributed by atoms with Gasteiger partial charge in [0.15, 0.2) is 5.75 Å². The molecule has 0 aliphatic heterocycles. The minimum Gasteiger partial charge on any atom is -0.502 e. The minimum atomic E-state index is -0.758. The van der Waals surface area contributed by atoms with Gasteiger partial charge >= 0.3 is 0 Å². The Hall–Kier alpha value is -2.63. The highest BCUT2D eigenvalue weighted by Crippen LogP contribution is 2.13. The van der Waals surface area contributed by atoms with E-state index in [1.807, 2.05) is 6.92 Å². The molecule has 0 unspecified atom stereocenters. The van der Waals surface area contributed by atoms with E-state index in [1.165, 1.54) is 24.3 Å². The van der Waals surface area contributed by atoms with E-state index >= 15 is 0 Å². The third-order valence-electron chi connectivity index (χ3n) is 3.12. The van der Waals surface area contributed by atoms with Gasteiger partial charge in [-0.25, -0.2) is 4.39 Å². The zero-order valence-electron chi connectivity index (χ0n) is 12.1. The number of halogens is 1. The second-order valence-corrected chi connectivity index (χ2v) is 4.81. The number of carbonyl (C=O) groups is 1. The van der Waals surface area contributed by atoms with Gasteiger partial charge in [-0.15, -0.1) is 0 Å². The summed E-state index contributed by atoms with van der Waals surface area (Å²) in [6.07, 6.45) is 2.03. The summed E-state index contributed by atoms with van der Waals surface area (Å²) in [7, 11) is 0. The largest absolute Gasteiger partial charge is 0.502 e. The molecule has 2 rings (SSSR count). The maximum absolute atomic E-state index is 12.8. The highest BCUT2D eigenvalue weighted by molar-refractivity contribution is 5.95. The summed E-state index contributed by atoms with van der Waals surface area (Å²) in [5.41, 5.74) is -0.258. The number of nitrogens with one attached hydrogen (secondary N) is 1. The van der Waals surface area contributed by atoms with Crippen molar-refractivity contribution in [2.75, 3.05) is 0 Å². The first-order valence-corrected chi connectivity index (χ1v) is 6.89. The number of carbonyl (C=O) groups excluding carboxylic acids is 1. The third kappa shape index (κ3) is 3.52. The van der Waals surface area contributed by atoms with Crippen LogP contribution in [0.2, 0.25) is 0 Å². The summed E-state index contributed by atoms with van der Waals surface area (Å²) in [4.78, 5) is 24.1. The van der Waals surface area contributed by atoms with Crippen LogP contribution in [-0.4, -0.2) is 11.0 Å². The Morgan fingerprint density at radius 3 is 2.64 bits per heavy atom. The van der Waals surface area contributed by atoms with Gasteiger partial charge in [0.05, 0.1) is 0 Å². The van der Waals surface area contributed by atoms with Crippen LogP contribution in [-0.2, 0) is 13.0 Å². The zero-order valence-corrected chi connectivity index (χ0v) is 12.1. The van der Waals surface area contributed by atoms with Crippen LogP contribution in [0, 0.1) is 5.82 Å². The molecule has 0 spiro atoms. The second kappa shape index (κ2) is 6.89. The van der Waals surface area contributed by atoms with Crippen LogP contribution in [0.5, 0.6) is 5.75 Å². The molecule has 0 saturated carbocycles.